The van der Waals surface area contributed by atoms with Gasteiger partial charge in [-0.1, -0.05) is 60.8 Å². The Labute approximate surface area is 108 Å². The molecule has 0 aliphatic rings. The predicted octanol–water partition coefficient (Wildman–Crippen LogP) is 4.25. The highest BCUT2D eigenvalue weighted by molar-refractivity contribution is 9.10. The molecule has 0 radical (unpaired) electrons. The standard InChI is InChI=1S/C14H22BrN/c1-3-9-14(11-16,10-4-2)12-7-5-6-8-13(12)15/h5-8H,3-4,9-11,16H2,1-2H3. The van der Waals surface area contributed by atoms with Crippen LogP contribution in [0.2, 0.25) is 0 Å². The summed E-state index contributed by atoms with van der Waals surface area (Å²) in [4.78, 5) is 0. The van der Waals surface area contributed by atoms with Crippen molar-refractivity contribution in [2.45, 2.75) is 44.9 Å². The lowest BCUT2D eigenvalue weighted by molar-refractivity contribution is 0.364. The molecule has 90 valence electrons. The van der Waals surface area contributed by atoms with Crippen LogP contribution in [-0.2, 0) is 5.41 Å². The van der Waals surface area contributed by atoms with Crippen molar-refractivity contribution >= 4 is 15.9 Å². The van der Waals surface area contributed by atoms with Gasteiger partial charge in [-0.2, -0.15) is 0 Å². The maximum atomic E-state index is 6.06. The SMILES string of the molecule is CCCC(CN)(CCC)c1ccccc1Br. The molecule has 2 N–H and O–H groups in total. The van der Waals surface area contributed by atoms with Crippen molar-refractivity contribution in [2.75, 3.05) is 6.54 Å². The molecule has 1 aromatic carbocycles. The highest BCUT2D eigenvalue weighted by atomic mass is 79.9. The van der Waals surface area contributed by atoms with E-state index in [1.165, 1.54) is 35.7 Å². The first kappa shape index (κ1) is 13.7. The summed E-state index contributed by atoms with van der Waals surface area (Å²) in [7, 11) is 0. The molecule has 0 fully saturated rings. The Balaban J connectivity index is 3.13. The van der Waals surface area contributed by atoms with E-state index in [9.17, 15) is 0 Å². The van der Waals surface area contributed by atoms with Crippen LogP contribution in [0.3, 0.4) is 0 Å². The lowest BCUT2D eigenvalue weighted by Gasteiger charge is -2.33. The van der Waals surface area contributed by atoms with Gasteiger partial charge in [0.1, 0.15) is 0 Å². The molecule has 2 heteroatoms. The highest BCUT2D eigenvalue weighted by Gasteiger charge is 2.30. The van der Waals surface area contributed by atoms with E-state index in [-0.39, 0.29) is 5.41 Å². The third-order valence-electron chi connectivity index (χ3n) is 3.29. The monoisotopic (exact) mass is 283 g/mol. The van der Waals surface area contributed by atoms with Gasteiger partial charge in [-0.15, -0.1) is 0 Å². The average Bonchev–Trinajstić information content (AvgIpc) is 2.29. The first-order chi connectivity index (χ1) is 7.70. The molecule has 0 aromatic heterocycles. The summed E-state index contributed by atoms with van der Waals surface area (Å²) in [5.74, 6) is 0. The van der Waals surface area contributed by atoms with Gasteiger partial charge in [0.25, 0.3) is 0 Å². The number of halogens is 1. The zero-order valence-corrected chi connectivity index (χ0v) is 11.9. The minimum absolute atomic E-state index is 0.156. The van der Waals surface area contributed by atoms with Crippen LogP contribution >= 0.6 is 15.9 Å². The Morgan fingerprint density at radius 1 is 1.12 bits per heavy atom. The predicted molar refractivity (Wildman–Crippen MR) is 74.7 cm³/mol. The van der Waals surface area contributed by atoms with Crippen molar-refractivity contribution in [2.24, 2.45) is 5.73 Å². The fraction of sp³-hybridized carbons (Fsp3) is 0.571. The number of hydrogen-bond acceptors (Lipinski definition) is 1. The van der Waals surface area contributed by atoms with Crippen LogP contribution in [0.25, 0.3) is 0 Å². The van der Waals surface area contributed by atoms with Crippen LogP contribution < -0.4 is 5.73 Å². The van der Waals surface area contributed by atoms with E-state index in [1.54, 1.807) is 0 Å². The molecular weight excluding hydrogens is 262 g/mol. The van der Waals surface area contributed by atoms with Crippen molar-refractivity contribution in [1.82, 2.24) is 0 Å². The van der Waals surface area contributed by atoms with E-state index in [4.69, 9.17) is 5.73 Å². The minimum Gasteiger partial charge on any atom is -0.330 e. The van der Waals surface area contributed by atoms with Crippen molar-refractivity contribution in [3.63, 3.8) is 0 Å². The van der Waals surface area contributed by atoms with Crippen molar-refractivity contribution in [1.29, 1.82) is 0 Å². The van der Waals surface area contributed by atoms with E-state index < -0.39 is 0 Å². The largest absolute Gasteiger partial charge is 0.330 e. The number of rotatable bonds is 6. The van der Waals surface area contributed by atoms with E-state index in [0.717, 1.165) is 6.54 Å². The van der Waals surface area contributed by atoms with Crippen molar-refractivity contribution in [3.8, 4) is 0 Å². The normalized spacial score (nSPS) is 11.8. The zero-order chi connectivity index (χ0) is 12.0. The zero-order valence-electron chi connectivity index (χ0n) is 10.3. The molecule has 0 saturated carbocycles. The van der Waals surface area contributed by atoms with Gasteiger partial charge in [0.05, 0.1) is 0 Å². The van der Waals surface area contributed by atoms with Gasteiger partial charge in [-0.05, 0) is 24.5 Å². The Morgan fingerprint density at radius 3 is 2.12 bits per heavy atom. The van der Waals surface area contributed by atoms with Crippen LogP contribution in [-0.4, -0.2) is 6.54 Å². The van der Waals surface area contributed by atoms with Crippen LogP contribution in [0.4, 0.5) is 0 Å². The quantitative estimate of drug-likeness (QED) is 0.830. The molecule has 0 heterocycles. The van der Waals surface area contributed by atoms with Crippen molar-refractivity contribution in [3.05, 3.63) is 34.3 Å². The maximum absolute atomic E-state index is 6.06. The van der Waals surface area contributed by atoms with Crippen LogP contribution in [0.5, 0.6) is 0 Å². The Kier molecular flexibility index (Phi) is 5.50. The Hall–Kier alpha value is -0.340. The summed E-state index contributed by atoms with van der Waals surface area (Å²) >= 11 is 3.66. The third kappa shape index (κ3) is 2.86. The van der Waals surface area contributed by atoms with Crippen LogP contribution in [0.15, 0.2) is 28.7 Å². The van der Waals surface area contributed by atoms with E-state index in [1.807, 2.05) is 0 Å². The summed E-state index contributed by atoms with van der Waals surface area (Å²) in [6.45, 7) is 5.20. The molecule has 0 amide bonds. The first-order valence-corrected chi connectivity index (χ1v) is 6.94. The summed E-state index contributed by atoms with van der Waals surface area (Å²) in [5, 5.41) is 0. The molecule has 1 nitrogen and oxygen atoms in total. The minimum atomic E-state index is 0.156. The smallest absolute Gasteiger partial charge is 0.0213 e. The molecule has 1 rings (SSSR count). The van der Waals surface area contributed by atoms with Gasteiger partial charge < -0.3 is 5.73 Å². The molecular formula is C14H22BrN. The lowest BCUT2D eigenvalue weighted by atomic mass is 9.73. The summed E-state index contributed by atoms with van der Waals surface area (Å²) in [6.07, 6.45) is 4.69. The molecule has 0 unspecified atom stereocenters. The van der Waals surface area contributed by atoms with Crippen molar-refractivity contribution < 1.29 is 0 Å². The summed E-state index contributed by atoms with van der Waals surface area (Å²) < 4.78 is 1.20. The second kappa shape index (κ2) is 6.41. The van der Waals surface area contributed by atoms with Gasteiger partial charge in [-0.3, -0.25) is 0 Å². The molecule has 0 spiro atoms. The molecule has 0 bridgehead atoms. The summed E-state index contributed by atoms with van der Waals surface area (Å²) in [6, 6.07) is 8.50. The lowest BCUT2D eigenvalue weighted by Crippen LogP contribution is -2.35. The molecule has 1 aromatic rings. The van der Waals surface area contributed by atoms with Gasteiger partial charge in [0.15, 0.2) is 0 Å². The molecule has 0 atom stereocenters. The van der Waals surface area contributed by atoms with Crippen LogP contribution in [0.1, 0.15) is 45.1 Å². The molecule has 0 saturated heterocycles. The first-order valence-electron chi connectivity index (χ1n) is 6.15. The number of benzene rings is 1. The average molecular weight is 284 g/mol. The van der Waals surface area contributed by atoms with Gasteiger partial charge >= 0.3 is 0 Å². The van der Waals surface area contributed by atoms with E-state index in [2.05, 4.69) is 54.0 Å². The van der Waals surface area contributed by atoms with E-state index in [0.29, 0.717) is 0 Å². The Morgan fingerprint density at radius 2 is 1.69 bits per heavy atom. The second-order valence-corrected chi connectivity index (χ2v) is 5.32. The van der Waals surface area contributed by atoms with E-state index >= 15 is 0 Å². The molecule has 0 aliphatic carbocycles. The van der Waals surface area contributed by atoms with Gasteiger partial charge in [-0.25, -0.2) is 0 Å². The number of nitrogens with two attached hydrogens (primary N) is 1. The molecule has 0 aliphatic heterocycles. The van der Waals surface area contributed by atoms with Gasteiger partial charge in [0, 0.05) is 16.4 Å². The van der Waals surface area contributed by atoms with Gasteiger partial charge in [0.2, 0.25) is 0 Å². The topological polar surface area (TPSA) is 26.0 Å². The maximum Gasteiger partial charge on any atom is 0.0213 e. The molecule has 16 heavy (non-hydrogen) atoms. The second-order valence-electron chi connectivity index (χ2n) is 4.46. The number of hydrogen-bond donors (Lipinski definition) is 1. The third-order valence-corrected chi connectivity index (χ3v) is 3.98. The van der Waals surface area contributed by atoms with Crippen LogP contribution in [0, 0.1) is 0 Å². The highest BCUT2D eigenvalue weighted by Crippen LogP contribution is 2.37. The fourth-order valence-electron chi connectivity index (χ4n) is 2.56. The fourth-order valence-corrected chi connectivity index (χ4v) is 3.26. The summed E-state index contributed by atoms with van der Waals surface area (Å²) in [5.41, 5.74) is 7.59. The Bertz CT molecular complexity index is 316.